The van der Waals surface area contributed by atoms with Crippen LogP contribution in [0.15, 0.2) is 4.99 Å². The van der Waals surface area contributed by atoms with Gasteiger partial charge in [-0.2, -0.15) is 0 Å². The van der Waals surface area contributed by atoms with Crippen LogP contribution in [-0.4, -0.2) is 46.3 Å². The minimum atomic E-state index is -3.21. The second kappa shape index (κ2) is 9.78. The van der Waals surface area contributed by atoms with Crippen LogP contribution in [0, 0.1) is 5.92 Å². The van der Waals surface area contributed by atoms with Crippen molar-refractivity contribution in [2.75, 3.05) is 26.4 Å². The van der Waals surface area contributed by atoms with E-state index in [9.17, 15) is 8.42 Å². The first-order valence-corrected chi connectivity index (χ1v) is 8.38. The average Bonchev–Trinajstić information content (AvgIpc) is 2.19. The van der Waals surface area contributed by atoms with Crippen LogP contribution in [0.25, 0.3) is 0 Å². The first-order chi connectivity index (χ1) is 8.56. The van der Waals surface area contributed by atoms with Crippen LogP contribution in [0.4, 0.5) is 0 Å². The van der Waals surface area contributed by atoms with Gasteiger partial charge in [0.15, 0.2) is 5.96 Å². The molecule has 0 aliphatic rings. The lowest BCUT2D eigenvalue weighted by Crippen LogP contribution is -2.53. The Bertz CT molecular complexity index is 394. The monoisotopic (exact) mass is 420 g/mol. The molecule has 0 unspecified atom stereocenters. The lowest BCUT2D eigenvalue weighted by Gasteiger charge is -2.26. The fourth-order valence-electron chi connectivity index (χ4n) is 1.54. The third-order valence-corrected chi connectivity index (χ3v) is 3.32. The SMILES string of the molecule is CN=C(NCCC(C)C)NCC(C)(C)NS(C)(=O)=O.I. The number of nitrogens with one attached hydrogen (secondary N) is 3. The van der Waals surface area contributed by atoms with Crippen molar-refractivity contribution in [2.45, 2.75) is 39.7 Å². The van der Waals surface area contributed by atoms with Crippen LogP contribution >= 0.6 is 24.0 Å². The molecule has 0 aromatic rings. The Labute approximate surface area is 140 Å². The van der Waals surface area contributed by atoms with E-state index >= 15 is 0 Å². The lowest BCUT2D eigenvalue weighted by atomic mass is 10.1. The zero-order chi connectivity index (χ0) is 15.1. The van der Waals surface area contributed by atoms with Crippen LogP contribution in [-0.2, 0) is 10.0 Å². The van der Waals surface area contributed by atoms with Crippen molar-refractivity contribution in [1.82, 2.24) is 15.4 Å². The quantitative estimate of drug-likeness (QED) is 0.328. The number of sulfonamides is 1. The van der Waals surface area contributed by atoms with Gasteiger partial charge in [-0.3, -0.25) is 4.99 Å². The minimum absolute atomic E-state index is 0. The molecule has 8 heteroatoms. The Morgan fingerprint density at radius 3 is 2.20 bits per heavy atom. The zero-order valence-electron chi connectivity index (χ0n) is 13.3. The second-order valence-electron chi connectivity index (χ2n) is 5.79. The van der Waals surface area contributed by atoms with Gasteiger partial charge in [-0.1, -0.05) is 13.8 Å². The summed E-state index contributed by atoms with van der Waals surface area (Å²) in [5.41, 5.74) is -0.566. The van der Waals surface area contributed by atoms with Gasteiger partial charge < -0.3 is 10.6 Å². The Morgan fingerprint density at radius 2 is 1.80 bits per heavy atom. The average molecular weight is 420 g/mol. The largest absolute Gasteiger partial charge is 0.356 e. The highest BCUT2D eigenvalue weighted by atomic mass is 127. The van der Waals surface area contributed by atoms with Gasteiger partial charge in [-0.25, -0.2) is 13.1 Å². The molecule has 0 rings (SSSR count). The van der Waals surface area contributed by atoms with E-state index in [1.54, 1.807) is 7.05 Å². The standard InChI is InChI=1S/C12H28N4O2S.HI/c1-10(2)7-8-14-11(13-5)15-9-12(3,4)16-19(6,17)18;/h10,16H,7-9H2,1-6H3,(H2,13,14,15);1H. The molecule has 0 aliphatic carbocycles. The van der Waals surface area contributed by atoms with Crippen LogP contribution < -0.4 is 15.4 Å². The molecule has 0 heterocycles. The van der Waals surface area contributed by atoms with Crippen molar-refractivity contribution in [3.63, 3.8) is 0 Å². The maximum Gasteiger partial charge on any atom is 0.209 e. The Hall–Kier alpha value is -0.0900. The van der Waals surface area contributed by atoms with E-state index in [1.165, 1.54) is 0 Å². The van der Waals surface area contributed by atoms with Gasteiger partial charge in [0, 0.05) is 25.7 Å². The van der Waals surface area contributed by atoms with E-state index in [-0.39, 0.29) is 24.0 Å². The van der Waals surface area contributed by atoms with E-state index in [4.69, 9.17) is 0 Å². The molecule has 0 spiro atoms. The molecule has 0 aliphatic heterocycles. The summed E-state index contributed by atoms with van der Waals surface area (Å²) in [6, 6.07) is 0. The van der Waals surface area contributed by atoms with Gasteiger partial charge in [0.05, 0.1) is 6.26 Å². The van der Waals surface area contributed by atoms with Crippen LogP contribution in [0.5, 0.6) is 0 Å². The highest BCUT2D eigenvalue weighted by Gasteiger charge is 2.22. The smallest absolute Gasteiger partial charge is 0.209 e. The number of guanidine groups is 1. The van der Waals surface area contributed by atoms with Crippen LogP contribution in [0.3, 0.4) is 0 Å². The maximum atomic E-state index is 11.2. The normalized spacial score (nSPS) is 13.1. The molecular weight excluding hydrogens is 391 g/mol. The lowest BCUT2D eigenvalue weighted by molar-refractivity contribution is 0.446. The predicted molar refractivity (Wildman–Crippen MR) is 96.3 cm³/mol. The van der Waals surface area contributed by atoms with Crippen molar-refractivity contribution < 1.29 is 8.42 Å². The summed E-state index contributed by atoms with van der Waals surface area (Å²) in [6.45, 7) is 9.28. The molecular formula is C12H29IN4O2S. The molecule has 20 heavy (non-hydrogen) atoms. The van der Waals surface area contributed by atoms with E-state index in [2.05, 4.69) is 34.2 Å². The summed E-state index contributed by atoms with van der Waals surface area (Å²) in [5, 5.41) is 6.32. The summed E-state index contributed by atoms with van der Waals surface area (Å²) >= 11 is 0. The number of hydrogen-bond donors (Lipinski definition) is 3. The first-order valence-electron chi connectivity index (χ1n) is 6.49. The molecule has 0 atom stereocenters. The number of aliphatic imine (C=N–C) groups is 1. The van der Waals surface area contributed by atoms with Crippen LogP contribution in [0.1, 0.15) is 34.1 Å². The van der Waals surface area contributed by atoms with E-state index in [0.717, 1.165) is 19.2 Å². The van der Waals surface area contributed by atoms with Gasteiger partial charge in [0.1, 0.15) is 0 Å². The van der Waals surface area contributed by atoms with Gasteiger partial charge in [0.2, 0.25) is 10.0 Å². The summed E-state index contributed by atoms with van der Waals surface area (Å²) in [6.07, 6.45) is 2.22. The number of rotatable bonds is 7. The van der Waals surface area contributed by atoms with E-state index in [0.29, 0.717) is 18.4 Å². The van der Waals surface area contributed by atoms with Gasteiger partial charge in [-0.15, -0.1) is 24.0 Å². The zero-order valence-corrected chi connectivity index (χ0v) is 16.4. The van der Waals surface area contributed by atoms with Crippen molar-refractivity contribution >= 4 is 40.0 Å². The summed E-state index contributed by atoms with van der Waals surface area (Å²) in [5.74, 6) is 1.32. The molecule has 0 radical (unpaired) electrons. The molecule has 0 aromatic heterocycles. The van der Waals surface area contributed by atoms with Crippen molar-refractivity contribution in [3.05, 3.63) is 0 Å². The second-order valence-corrected chi connectivity index (χ2v) is 7.54. The van der Waals surface area contributed by atoms with Crippen LogP contribution in [0.2, 0.25) is 0 Å². The fraction of sp³-hybridized carbons (Fsp3) is 0.917. The molecule has 0 fully saturated rings. The summed E-state index contributed by atoms with van der Waals surface area (Å²) in [4.78, 5) is 4.10. The molecule has 0 bridgehead atoms. The molecule has 0 aromatic carbocycles. The minimum Gasteiger partial charge on any atom is -0.356 e. The molecule has 0 amide bonds. The number of hydrogen-bond acceptors (Lipinski definition) is 3. The predicted octanol–water partition coefficient (Wildman–Crippen LogP) is 1.14. The molecule has 0 saturated heterocycles. The van der Waals surface area contributed by atoms with Crippen molar-refractivity contribution in [1.29, 1.82) is 0 Å². The van der Waals surface area contributed by atoms with Crippen molar-refractivity contribution in [2.24, 2.45) is 10.9 Å². The topological polar surface area (TPSA) is 82.6 Å². The first kappa shape index (κ1) is 22.2. The summed E-state index contributed by atoms with van der Waals surface area (Å²) < 4.78 is 25.0. The third-order valence-electron chi connectivity index (χ3n) is 2.40. The fourth-order valence-corrected chi connectivity index (χ4v) is 2.62. The Morgan fingerprint density at radius 1 is 1.25 bits per heavy atom. The molecule has 3 N–H and O–H groups in total. The summed E-state index contributed by atoms with van der Waals surface area (Å²) in [7, 11) is -1.52. The van der Waals surface area contributed by atoms with Gasteiger partial charge in [0.25, 0.3) is 0 Å². The number of halogens is 1. The highest BCUT2D eigenvalue weighted by molar-refractivity contribution is 14.0. The Balaban J connectivity index is 0. The Kier molecular flexibility index (Phi) is 10.8. The maximum absolute atomic E-state index is 11.2. The third kappa shape index (κ3) is 12.9. The molecule has 6 nitrogen and oxygen atoms in total. The number of nitrogens with zero attached hydrogens (tertiary/aromatic N) is 1. The van der Waals surface area contributed by atoms with Gasteiger partial charge >= 0.3 is 0 Å². The van der Waals surface area contributed by atoms with E-state index < -0.39 is 15.6 Å². The highest BCUT2D eigenvalue weighted by Crippen LogP contribution is 2.01. The van der Waals surface area contributed by atoms with Crippen molar-refractivity contribution in [3.8, 4) is 0 Å². The van der Waals surface area contributed by atoms with E-state index in [1.807, 2.05) is 13.8 Å². The van der Waals surface area contributed by atoms with Gasteiger partial charge in [-0.05, 0) is 26.2 Å². The molecule has 122 valence electrons. The molecule has 0 saturated carbocycles.